The van der Waals surface area contributed by atoms with Gasteiger partial charge in [0.25, 0.3) is 5.91 Å². The zero-order chi connectivity index (χ0) is 21.6. The number of carbonyl (C=O) groups excluding carboxylic acids is 1. The van der Waals surface area contributed by atoms with Crippen molar-refractivity contribution in [1.82, 2.24) is 4.90 Å². The first kappa shape index (κ1) is 23.4. The lowest BCUT2D eigenvalue weighted by Crippen LogP contribution is -2.33. The van der Waals surface area contributed by atoms with Gasteiger partial charge in [0, 0.05) is 18.8 Å². The third kappa shape index (κ3) is 7.16. The molecule has 1 aliphatic rings. The average molecular weight is 435 g/mol. The maximum atomic E-state index is 12.4. The quantitative estimate of drug-likeness (QED) is 0.419. The van der Waals surface area contributed by atoms with Crippen LogP contribution in [0, 0.1) is 11.8 Å². The molecule has 5 nitrogen and oxygen atoms in total. The van der Waals surface area contributed by atoms with E-state index in [1.54, 1.807) is 6.08 Å². The van der Waals surface area contributed by atoms with Gasteiger partial charge in [-0.05, 0) is 48.4 Å². The molecule has 1 aliphatic heterocycles. The highest BCUT2D eigenvalue weighted by Gasteiger charge is 2.33. The number of aliphatic carboxylic acids is 1. The Morgan fingerprint density at radius 1 is 1.14 bits per heavy atom. The molecule has 1 amide bonds. The van der Waals surface area contributed by atoms with Crippen LogP contribution in [0.4, 0.5) is 5.69 Å². The first-order valence-corrected chi connectivity index (χ1v) is 11.2. The lowest BCUT2D eigenvalue weighted by Gasteiger charge is -2.26. The van der Waals surface area contributed by atoms with Crippen molar-refractivity contribution in [1.29, 1.82) is 0 Å². The van der Waals surface area contributed by atoms with Crippen LogP contribution >= 0.6 is 24.0 Å². The molecule has 1 aromatic carbocycles. The highest BCUT2D eigenvalue weighted by molar-refractivity contribution is 8.26. The number of amides is 1. The number of carboxylic acid groups (broad SMARTS) is 1. The molecular formula is C22H30N2O3S2. The van der Waals surface area contributed by atoms with Crippen LogP contribution < -0.4 is 4.90 Å². The maximum Gasteiger partial charge on any atom is 0.323 e. The van der Waals surface area contributed by atoms with Gasteiger partial charge in [0.15, 0.2) is 0 Å². The number of carboxylic acids is 1. The molecule has 1 saturated heterocycles. The van der Waals surface area contributed by atoms with E-state index in [-0.39, 0.29) is 10.2 Å². The summed E-state index contributed by atoms with van der Waals surface area (Å²) in [5.74, 6) is -0.108. The number of carbonyl (C=O) groups is 2. The summed E-state index contributed by atoms with van der Waals surface area (Å²) in [7, 11) is 0. The van der Waals surface area contributed by atoms with Gasteiger partial charge in [0.05, 0.1) is 4.91 Å². The fraction of sp³-hybridized carbons (Fsp3) is 0.500. The number of anilines is 1. The van der Waals surface area contributed by atoms with Crippen molar-refractivity contribution in [3.8, 4) is 0 Å². The Hall–Kier alpha value is -1.86. The van der Waals surface area contributed by atoms with Crippen molar-refractivity contribution in [3.05, 3.63) is 34.7 Å². The highest BCUT2D eigenvalue weighted by Crippen LogP contribution is 2.32. The molecule has 1 heterocycles. The summed E-state index contributed by atoms with van der Waals surface area (Å²) in [4.78, 5) is 27.3. The summed E-state index contributed by atoms with van der Waals surface area (Å²) >= 11 is 6.29. The van der Waals surface area contributed by atoms with Crippen LogP contribution in [0.5, 0.6) is 0 Å². The van der Waals surface area contributed by atoms with Crippen LogP contribution in [0.1, 0.15) is 46.1 Å². The second-order valence-corrected chi connectivity index (χ2v) is 9.78. The molecular weight excluding hydrogens is 404 g/mol. The molecule has 0 radical (unpaired) electrons. The number of thiocarbonyl (C=S) groups is 1. The molecule has 0 saturated carbocycles. The van der Waals surface area contributed by atoms with Gasteiger partial charge in [-0.1, -0.05) is 63.8 Å². The van der Waals surface area contributed by atoms with Crippen molar-refractivity contribution in [3.63, 3.8) is 0 Å². The molecule has 0 unspecified atom stereocenters. The van der Waals surface area contributed by atoms with E-state index in [9.17, 15) is 9.59 Å². The third-order valence-corrected chi connectivity index (χ3v) is 6.05. The average Bonchev–Trinajstić information content (AvgIpc) is 2.89. The SMILES string of the molecule is CC(C)CCN(CCC(C)C)c1ccc(C=C2SC(=S)N(CC(=O)O)C2=O)cc1. The van der Waals surface area contributed by atoms with E-state index < -0.39 is 12.5 Å². The Kier molecular flexibility index (Phi) is 8.71. The van der Waals surface area contributed by atoms with Gasteiger partial charge in [0.2, 0.25) is 0 Å². The van der Waals surface area contributed by atoms with Gasteiger partial charge in [0.1, 0.15) is 10.9 Å². The van der Waals surface area contributed by atoms with E-state index in [0.717, 1.165) is 48.2 Å². The molecule has 1 N–H and O–H groups in total. The predicted molar refractivity (Wildman–Crippen MR) is 125 cm³/mol. The smallest absolute Gasteiger partial charge is 0.323 e. The van der Waals surface area contributed by atoms with Gasteiger partial charge < -0.3 is 10.0 Å². The highest BCUT2D eigenvalue weighted by atomic mass is 32.2. The van der Waals surface area contributed by atoms with Crippen LogP contribution in [0.3, 0.4) is 0 Å². The van der Waals surface area contributed by atoms with Crippen molar-refractivity contribution < 1.29 is 14.7 Å². The standard InChI is InChI=1S/C22H30N2O3S2/c1-15(2)9-11-23(12-10-16(3)4)18-7-5-17(6-8-18)13-19-21(27)24(14-20(25)26)22(28)29-19/h5-8,13,15-16H,9-12,14H2,1-4H3,(H,25,26). The molecule has 0 bridgehead atoms. The Bertz CT molecular complexity index is 761. The van der Waals surface area contributed by atoms with E-state index in [2.05, 4.69) is 44.7 Å². The van der Waals surface area contributed by atoms with Gasteiger partial charge in [-0.25, -0.2) is 0 Å². The van der Waals surface area contributed by atoms with Crippen LogP contribution in [0.15, 0.2) is 29.2 Å². The molecule has 0 aromatic heterocycles. The van der Waals surface area contributed by atoms with Crippen molar-refractivity contribution >= 4 is 51.9 Å². The molecule has 0 aliphatic carbocycles. The number of hydrogen-bond donors (Lipinski definition) is 1. The fourth-order valence-corrected chi connectivity index (χ4v) is 4.16. The minimum atomic E-state index is -1.07. The van der Waals surface area contributed by atoms with Crippen molar-refractivity contribution in [2.45, 2.75) is 40.5 Å². The monoisotopic (exact) mass is 434 g/mol. The lowest BCUT2D eigenvalue weighted by atomic mass is 10.1. The summed E-state index contributed by atoms with van der Waals surface area (Å²) < 4.78 is 0.286. The Balaban J connectivity index is 2.13. The van der Waals surface area contributed by atoms with Crippen molar-refractivity contribution in [2.24, 2.45) is 11.8 Å². The summed E-state index contributed by atoms with van der Waals surface area (Å²) in [5.41, 5.74) is 2.08. The Morgan fingerprint density at radius 3 is 2.17 bits per heavy atom. The number of benzene rings is 1. The molecule has 0 atom stereocenters. The third-order valence-electron chi connectivity index (χ3n) is 4.68. The largest absolute Gasteiger partial charge is 0.480 e. The van der Waals surface area contributed by atoms with Crippen molar-refractivity contribution in [2.75, 3.05) is 24.5 Å². The molecule has 1 fully saturated rings. The molecule has 29 heavy (non-hydrogen) atoms. The second kappa shape index (κ2) is 10.8. The number of rotatable bonds is 10. The van der Waals surface area contributed by atoms with E-state index >= 15 is 0 Å². The Morgan fingerprint density at radius 2 is 1.69 bits per heavy atom. The zero-order valence-corrected chi connectivity index (χ0v) is 19.2. The molecule has 158 valence electrons. The van der Waals surface area contributed by atoms with E-state index in [1.807, 2.05) is 12.1 Å². The Labute approximate surface area is 183 Å². The van der Waals surface area contributed by atoms with Crippen LogP contribution in [-0.2, 0) is 9.59 Å². The van der Waals surface area contributed by atoms with Gasteiger partial charge >= 0.3 is 5.97 Å². The molecule has 2 rings (SSSR count). The van der Waals surface area contributed by atoms with Crippen LogP contribution in [0.2, 0.25) is 0 Å². The second-order valence-electron chi connectivity index (χ2n) is 8.11. The summed E-state index contributed by atoms with van der Waals surface area (Å²) in [6, 6.07) is 8.17. The van der Waals surface area contributed by atoms with E-state index in [0.29, 0.717) is 16.7 Å². The van der Waals surface area contributed by atoms with Gasteiger partial charge in [-0.3, -0.25) is 14.5 Å². The first-order valence-electron chi connectivity index (χ1n) is 9.99. The number of hydrogen-bond acceptors (Lipinski definition) is 5. The minimum Gasteiger partial charge on any atom is -0.480 e. The molecule has 1 aromatic rings. The van der Waals surface area contributed by atoms with Gasteiger partial charge in [-0.2, -0.15) is 0 Å². The van der Waals surface area contributed by atoms with E-state index in [4.69, 9.17) is 17.3 Å². The zero-order valence-electron chi connectivity index (χ0n) is 17.6. The molecule has 0 spiro atoms. The summed E-state index contributed by atoms with van der Waals surface area (Å²) in [5, 5.41) is 8.94. The molecule has 7 heteroatoms. The van der Waals surface area contributed by atoms with Gasteiger partial charge in [-0.15, -0.1) is 0 Å². The normalized spacial score (nSPS) is 15.8. The lowest BCUT2D eigenvalue weighted by molar-refractivity contribution is -0.140. The minimum absolute atomic E-state index is 0.286. The topological polar surface area (TPSA) is 60.9 Å². The summed E-state index contributed by atoms with van der Waals surface area (Å²) in [6.45, 7) is 10.6. The maximum absolute atomic E-state index is 12.4. The first-order chi connectivity index (χ1) is 13.7. The fourth-order valence-electron chi connectivity index (χ4n) is 2.90. The number of nitrogens with zero attached hydrogens (tertiary/aromatic N) is 2. The van der Waals surface area contributed by atoms with E-state index in [1.165, 1.54) is 5.69 Å². The predicted octanol–water partition coefficient (Wildman–Crippen LogP) is 4.87. The van der Waals surface area contributed by atoms with Crippen LogP contribution in [0.25, 0.3) is 6.08 Å². The van der Waals surface area contributed by atoms with Crippen LogP contribution in [-0.4, -0.2) is 45.8 Å². The number of thioether (sulfide) groups is 1. The summed E-state index contributed by atoms with van der Waals surface area (Å²) in [6.07, 6.45) is 4.06.